The molecule has 0 aromatic rings. The molecule has 0 aliphatic heterocycles. The van der Waals surface area contributed by atoms with Crippen LogP contribution >= 0.6 is 0 Å². The summed E-state index contributed by atoms with van der Waals surface area (Å²) in [7, 11) is 0. The average Bonchev–Trinajstić information content (AvgIpc) is 3.52. The van der Waals surface area contributed by atoms with Gasteiger partial charge in [0.15, 0.2) is 5.78 Å². The van der Waals surface area contributed by atoms with Crippen molar-refractivity contribution in [2.75, 3.05) is 6.61 Å². The second kappa shape index (κ2) is 11.8. The zero-order valence-electron chi connectivity index (χ0n) is 32.1. The van der Waals surface area contributed by atoms with Crippen molar-refractivity contribution in [3.05, 3.63) is 23.8 Å². The Kier molecular flexibility index (Phi) is 8.41. The van der Waals surface area contributed by atoms with Gasteiger partial charge in [-0.1, -0.05) is 90.4 Å². The lowest BCUT2D eigenvalue weighted by atomic mass is 9.27. The number of hydrogen-bond donors (Lipinski definition) is 5. The van der Waals surface area contributed by atoms with Crippen LogP contribution in [0.25, 0.3) is 0 Å². The summed E-state index contributed by atoms with van der Waals surface area (Å²) in [6.07, 6.45) is 18.7. The first-order valence-corrected chi connectivity index (χ1v) is 20.9. The highest BCUT2D eigenvalue weighted by Gasteiger charge is 2.82. The molecule has 0 unspecified atom stereocenters. The summed E-state index contributed by atoms with van der Waals surface area (Å²) >= 11 is 0. The van der Waals surface area contributed by atoms with Gasteiger partial charge in [-0.3, -0.25) is 4.79 Å². The maximum Gasteiger partial charge on any atom is 0.159 e. The smallest absolute Gasteiger partial charge is 0.159 e. The van der Waals surface area contributed by atoms with Crippen molar-refractivity contribution in [1.82, 2.24) is 0 Å². The van der Waals surface area contributed by atoms with Crippen LogP contribution in [0.1, 0.15) is 144 Å². The molecule has 0 radical (unpaired) electrons. The molecule has 0 amide bonds. The second-order valence-corrected chi connectivity index (χ2v) is 20.4. The highest BCUT2D eigenvalue weighted by molar-refractivity contribution is 5.96. The first-order chi connectivity index (χ1) is 24.1. The van der Waals surface area contributed by atoms with Crippen molar-refractivity contribution < 1.29 is 30.3 Å². The Bertz CT molecular complexity index is 1570. The van der Waals surface area contributed by atoms with E-state index in [9.17, 15) is 25.5 Å². The molecule has 9 aliphatic carbocycles. The Morgan fingerprint density at radius 1 is 0.980 bits per heavy atom. The molecule has 0 aromatic carbocycles. The summed E-state index contributed by atoms with van der Waals surface area (Å²) < 4.78 is 0. The first kappa shape index (κ1) is 36.5. The summed E-state index contributed by atoms with van der Waals surface area (Å²) in [4.78, 5) is 15.5. The van der Waals surface area contributed by atoms with Gasteiger partial charge in [-0.05, 0) is 122 Å². The second-order valence-electron chi connectivity index (χ2n) is 20.4. The molecule has 0 heterocycles. The van der Waals surface area contributed by atoms with E-state index >= 15 is 4.79 Å². The SMILES string of the molecule is CCCCCC[C@]12CC[C@H](O)[C@@](C)([C@H](O)CO)[C@H]1CC[C@]1(C)[C@@H]2C(=O)C=C2[C@H]3C[C@@]4(C)CCC#C[C@H](O)[C@]35[C@@]3(CCC[C@H]3C=C[C@]5(O)C[C@]21C)C4. The van der Waals surface area contributed by atoms with Gasteiger partial charge in [0.1, 0.15) is 6.10 Å². The molecule has 6 nitrogen and oxygen atoms in total. The van der Waals surface area contributed by atoms with Gasteiger partial charge in [-0.2, -0.15) is 0 Å². The van der Waals surface area contributed by atoms with Crippen LogP contribution in [0, 0.1) is 73.4 Å². The maximum atomic E-state index is 15.5. The number of hydrogen-bond acceptors (Lipinski definition) is 6. The average molecular weight is 703 g/mol. The van der Waals surface area contributed by atoms with Gasteiger partial charge in [0, 0.05) is 17.8 Å². The van der Waals surface area contributed by atoms with Crippen molar-refractivity contribution in [2.24, 2.45) is 61.6 Å². The van der Waals surface area contributed by atoms with Crippen molar-refractivity contribution in [3.63, 3.8) is 0 Å². The van der Waals surface area contributed by atoms with Gasteiger partial charge >= 0.3 is 0 Å². The lowest BCUT2D eigenvalue weighted by Gasteiger charge is -2.77. The standard InChI is InChI=1S/C45H66O6/c1-6-7-8-10-19-42-22-17-34(48)41(5,36(50)26-46)33(42)16-21-39(3)37(42)32(47)24-30-31-25-38(2)18-11-9-14-35(49)45(31)43(27-38)20-12-13-29(43)15-23-44(45,51)28-40(30,39)4/h15,23-24,29,31,33-37,46,48-51H,6-8,10-13,16-22,25-28H2,1-5H3/t29-,31+,33+,34-,35-,36+,37-,38+,39+,40+,41-,42-,43-,44-,45-/m0/s1. The minimum absolute atomic E-state index is 0.0125. The lowest BCUT2D eigenvalue weighted by molar-refractivity contribution is -0.292. The number of aliphatic hydroxyl groups excluding tert-OH is 4. The normalized spacial score (nSPS) is 54.2. The van der Waals surface area contributed by atoms with Crippen LogP contribution in [0.2, 0.25) is 0 Å². The van der Waals surface area contributed by atoms with Gasteiger partial charge in [0.2, 0.25) is 0 Å². The van der Waals surface area contributed by atoms with E-state index < -0.39 is 57.6 Å². The summed E-state index contributed by atoms with van der Waals surface area (Å²) in [5, 5.41) is 59.7. The highest BCUT2D eigenvalue weighted by Crippen LogP contribution is 2.83. The van der Waals surface area contributed by atoms with Crippen LogP contribution in [0.15, 0.2) is 23.8 Å². The van der Waals surface area contributed by atoms with Crippen LogP contribution in [0.4, 0.5) is 0 Å². The minimum Gasteiger partial charge on any atom is -0.394 e. The van der Waals surface area contributed by atoms with Crippen LogP contribution < -0.4 is 0 Å². The number of ketones is 1. The third-order valence-electron chi connectivity index (χ3n) is 18.6. The molecule has 6 heteroatoms. The van der Waals surface area contributed by atoms with E-state index in [0.29, 0.717) is 12.8 Å². The van der Waals surface area contributed by atoms with E-state index in [1.54, 1.807) is 0 Å². The number of carbonyl (C=O) groups is 1. The van der Waals surface area contributed by atoms with Crippen molar-refractivity contribution in [3.8, 4) is 11.8 Å². The third-order valence-corrected chi connectivity index (χ3v) is 18.6. The zero-order chi connectivity index (χ0) is 36.5. The molecule has 2 bridgehead atoms. The Hall–Kier alpha value is -1.49. The number of aliphatic hydroxyl groups is 5. The molecule has 9 aliphatic rings. The first-order valence-electron chi connectivity index (χ1n) is 20.9. The van der Waals surface area contributed by atoms with Crippen LogP contribution in [0.3, 0.4) is 0 Å². The number of fused-ring (bicyclic) bond motifs is 8. The molecule has 5 fully saturated rings. The molecular weight excluding hydrogens is 636 g/mol. The predicted molar refractivity (Wildman–Crippen MR) is 198 cm³/mol. The van der Waals surface area contributed by atoms with Gasteiger partial charge in [-0.25, -0.2) is 0 Å². The van der Waals surface area contributed by atoms with Gasteiger partial charge < -0.3 is 25.5 Å². The van der Waals surface area contributed by atoms with E-state index in [1.165, 1.54) is 5.57 Å². The maximum absolute atomic E-state index is 15.5. The molecule has 9 rings (SSSR count). The number of carbonyl (C=O) groups excluding carboxylic acids is 1. The largest absolute Gasteiger partial charge is 0.394 e. The molecule has 5 N–H and O–H groups in total. The third kappa shape index (κ3) is 4.28. The van der Waals surface area contributed by atoms with E-state index in [1.807, 2.05) is 13.0 Å². The Labute approximate surface area is 307 Å². The number of unbranched alkanes of at least 4 members (excludes halogenated alkanes) is 3. The lowest BCUT2D eigenvalue weighted by Crippen LogP contribution is -2.78. The van der Waals surface area contributed by atoms with Crippen molar-refractivity contribution in [1.29, 1.82) is 0 Å². The molecule has 5 saturated carbocycles. The van der Waals surface area contributed by atoms with Crippen molar-refractivity contribution >= 4 is 5.78 Å². The molecule has 0 aromatic heterocycles. The Balaban J connectivity index is 1.34. The number of rotatable bonds is 7. The fourth-order valence-corrected chi connectivity index (χ4v) is 16.5. The summed E-state index contributed by atoms with van der Waals surface area (Å²) in [6, 6.07) is 0. The summed E-state index contributed by atoms with van der Waals surface area (Å²) in [5.41, 5.74) is -3.67. The quantitative estimate of drug-likeness (QED) is 0.110. The van der Waals surface area contributed by atoms with Gasteiger partial charge in [-0.15, -0.1) is 5.92 Å². The predicted octanol–water partition coefficient (Wildman–Crippen LogP) is 7.06. The van der Waals surface area contributed by atoms with Crippen LogP contribution in [-0.2, 0) is 4.79 Å². The van der Waals surface area contributed by atoms with Crippen molar-refractivity contribution in [2.45, 2.75) is 168 Å². The Morgan fingerprint density at radius 2 is 1.76 bits per heavy atom. The summed E-state index contributed by atoms with van der Waals surface area (Å²) in [5.74, 6) is 6.56. The minimum atomic E-state index is -1.28. The molecule has 2 spiro atoms. The molecule has 51 heavy (non-hydrogen) atoms. The molecule has 0 saturated heterocycles. The van der Waals surface area contributed by atoms with Gasteiger partial charge in [0.05, 0.1) is 29.8 Å². The fraction of sp³-hybridized carbons (Fsp3) is 0.844. The number of allylic oxidation sites excluding steroid dienone is 3. The zero-order valence-corrected chi connectivity index (χ0v) is 32.1. The van der Waals surface area contributed by atoms with E-state index in [0.717, 1.165) is 96.3 Å². The monoisotopic (exact) mass is 702 g/mol. The summed E-state index contributed by atoms with van der Waals surface area (Å²) in [6.45, 7) is 10.9. The van der Waals surface area contributed by atoms with Gasteiger partial charge in [0.25, 0.3) is 0 Å². The molecule has 15 atom stereocenters. The Morgan fingerprint density at radius 3 is 2.51 bits per heavy atom. The van der Waals surface area contributed by atoms with Crippen LogP contribution in [-0.4, -0.2) is 61.8 Å². The highest BCUT2D eigenvalue weighted by atomic mass is 16.3. The van der Waals surface area contributed by atoms with Crippen LogP contribution in [0.5, 0.6) is 0 Å². The van der Waals surface area contributed by atoms with E-state index in [2.05, 4.69) is 51.7 Å². The van der Waals surface area contributed by atoms with E-state index in [-0.39, 0.29) is 40.3 Å². The topological polar surface area (TPSA) is 118 Å². The fourth-order valence-electron chi connectivity index (χ4n) is 16.5. The molecular formula is C45H66O6. The van der Waals surface area contributed by atoms with E-state index in [4.69, 9.17) is 0 Å². The molecule has 282 valence electrons.